The Morgan fingerprint density at radius 3 is 2.74 bits per heavy atom. The molecule has 0 fully saturated rings. The van der Waals surface area contributed by atoms with E-state index in [0.29, 0.717) is 12.1 Å². The molecular formula is C14H20N4O. The summed E-state index contributed by atoms with van der Waals surface area (Å²) in [6.45, 7) is 4.44. The maximum absolute atomic E-state index is 11.7. The van der Waals surface area contributed by atoms with E-state index >= 15 is 0 Å². The minimum atomic E-state index is -0.0655. The number of nitriles is 1. The summed E-state index contributed by atoms with van der Waals surface area (Å²) in [5.41, 5.74) is 7.72. The summed E-state index contributed by atoms with van der Waals surface area (Å²) in [5, 5.41) is 12.0. The van der Waals surface area contributed by atoms with Crippen LogP contribution in [0.4, 0.5) is 5.69 Å². The SMILES string of the molecule is CC(C)NC(=O)CN(C)c1ccc(CN)cc1C#N. The smallest absolute Gasteiger partial charge is 0.239 e. The molecule has 0 radical (unpaired) electrons. The summed E-state index contributed by atoms with van der Waals surface area (Å²) < 4.78 is 0. The lowest BCUT2D eigenvalue weighted by Crippen LogP contribution is -2.38. The van der Waals surface area contributed by atoms with Gasteiger partial charge in [-0.3, -0.25) is 4.79 Å². The van der Waals surface area contributed by atoms with E-state index in [4.69, 9.17) is 11.0 Å². The molecule has 0 spiro atoms. The van der Waals surface area contributed by atoms with Gasteiger partial charge in [-0.15, -0.1) is 0 Å². The van der Waals surface area contributed by atoms with Gasteiger partial charge >= 0.3 is 0 Å². The monoisotopic (exact) mass is 260 g/mol. The first kappa shape index (κ1) is 15.0. The lowest BCUT2D eigenvalue weighted by Gasteiger charge is -2.21. The van der Waals surface area contributed by atoms with E-state index in [9.17, 15) is 4.79 Å². The van der Waals surface area contributed by atoms with Gasteiger partial charge in [-0.1, -0.05) is 6.07 Å². The first-order valence-corrected chi connectivity index (χ1v) is 6.21. The summed E-state index contributed by atoms with van der Waals surface area (Å²) in [4.78, 5) is 13.5. The number of nitrogens with zero attached hydrogens (tertiary/aromatic N) is 2. The van der Waals surface area contributed by atoms with Crippen LogP contribution < -0.4 is 16.0 Å². The van der Waals surface area contributed by atoms with Gasteiger partial charge in [0.05, 0.1) is 17.8 Å². The standard InChI is InChI=1S/C14H20N4O/c1-10(2)17-14(19)9-18(3)13-5-4-11(7-15)6-12(13)8-16/h4-6,10H,7,9,15H2,1-3H3,(H,17,19). The number of nitrogens with two attached hydrogens (primary N) is 1. The number of amides is 1. The number of hydrogen-bond donors (Lipinski definition) is 2. The number of carbonyl (C=O) groups is 1. The van der Waals surface area contributed by atoms with Crippen LogP contribution in [0.15, 0.2) is 18.2 Å². The Morgan fingerprint density at radius 2 is 2.21 bits per heavy atom. The van der Waals surface area contributed by atoms with Crippen molar-refractivity contribution in [3.8, 4) is 6.07 Å². The van der Waals surface area contributed by atoms with E-state index in [1.807, 2.05) is 26.0 Å². The number of anilines is 1. The first-order chi connectivity index (χ1) is 8.97. The van der Waals surface area contributed by atoms with Crippen molar-refractivity contribution in [2.24, 2.45) is 5.73 Å². The molecule has 0 unspecified atom stereocenters. The molecule has 5 nitrogen and oxygen atoms in total. The second kappa shape index (κ2) is 6.76. The van der Waals surface area contributed by atoms with Crippen molar-refractivity contribution in [2.75, 3.05) is 18.5 Å². The molecule has 1 rings (SSSR count). The van der Waals surface area contributed by atoms with Crippen LogP contribution in [-0.2, 0) is 11.3 Å². The Kier molecular flexibility index (Phi) is 5.34. The van der Waals surface area contributed by atoms with Crippen LogP contribution >= 0.6 is 0 Å². The predicted octanol–water partition coefficient (Wildman–Crippen LogP) is 0.978. The minimum absolute atomic E-state index is 0.0655. The quantitative estimate of drug-likeness (QED) is 0.826. The molecular weight excluding hydrogens is 240 g/mol. The summed E-state index contributed by atoms with van der Waals surface area (Å²) in [6.07, 6.45) is 0. The largest absolute Gasteiger partial charge is 0.364 e. The fraction of sp³-hybridized carbons (Fsp3) is 0.429. The third-order valence-corrected chi connectivity index (χ3v) is 2.66. The van der Waals surface area contributed by atoms with Crippen molar-refractivity contribution < 1.29 is 4.79 Å². The molecule has 0 bridgehead atoms. The van der Waals surface area contributed by atoms with Crippen molar-refractivity contribution in [3.05, 3.63) is 29.3 Å². The number of rotatable bonds is 5. The molecule has 0 saturated carbocycles. The lowest BCUT2D eigenvalue weighted by molar-refractivity contribution is -0.120. The van der Waals surface area contributed by atoms with Crippen LogP contribution in [0.25, 0.3) is 0 Å². The normalized spacial score (nSPS) is 10.1. The number of benzene rings is 1. The molecule has 102 valence electrons. The van der Waals surface area contributed by atoms with Gasteiger partial charge in [0.2, 0.25) is 5.91 Å². The van der Waals surface area contributed by atoms with Gasteiger partial charge in [0, 0.05) is 19.6 Å². The zero-order chi connectivity index (χ0) is 14.4. The van der Waals surface area contributed by atoms with Crippen LogP contribution in [-0.4, -0.2) is 25.5 Å². The number of carbonyl (C=O) groups excluding carboxylic acids is 1. The van der Waals surface area contributed by atoms with Crippen LogP contribution in [0.5, 0.6) is 0 Å². The van der Waals surface area contributed by atoms with Gasteiger partial charge < -0.3 is 16.0 Å². The average Bonchev–Trinajstić information content (AvgIpc) is 2.36. The van der Waals surface area contributed by atoms with Gasteiger partial charge in [0.25, 0.3) is 0 Å². The Balaban J connectivity index is 2.85. The summed E-state index contributed by atoms with van der Waals surface area (Å²) >= 11 is 0. The van der Waals surface area contributed by atoms with Crippen molar-refractivity contribution in [2.45, 2.75) is 26.4 Å². The van der Waals surface area contributed by atoms with E-state index < -0.39 is 0 Å². The molecule has 0 aliphatic heterocycles. The Morgan fingerprint density at radius 1 is 1.53 bits per heavy atom. The highest BCUT2D eigenvalue weighted by molar-refractivity contribution is 5.82. The number of hydrogen-bond acceptors (Lipinski definition) is 4. The molecule has 19 heavy (non-hydrogen) atoms. The predicted molar refractivity (Wildman–Crippen MR) is 75.6 cm³/mol. The summed E-state index contributed by atoms with van der Waals surface area (Å²) in [7, 11) is 1.79. The topological polar surface area (TPSA) is 82.2 Å². The maximum Gasteiger partial charge on any atom is 0.239 e. The van der Waals surface area contributed by atoms with Gasteiger partial charge in [0.15, 0.2) is 0 Å². The fourth-order valence-electron chi connectivity index (χ4n) is 1.80. The van der Waals surface area contributed by atoms with Crippen molar-refractivity contribution in [3.63, 3.8) is 0 Å². The Labute approximate surface area is 114 Å². The van der Waals surface area contributed by atoms with Crippen molar-refractivity contribution in [1.82, 2.24) is 5.32 Å². The third-order valence-electron chi connectivity index (χ3n) is 2.66. The third kappa shape index (κ3) is 4.27. The van der Waals surface area contributed by atoms with Crippen LogP contribution in [0.2, 0.25) is 0 Å². The van der Waals surface area contributed by atoms with Gasteiger partial charge in [-0.25, -0.2) is 0 Å². The van der Waals surface area contributed by atoms with Gasteiger partial charge in [-0.2, -0.15) is 5.26 Å². The number of nitrogens with one attached hydrogen (secondary N) is 1. The molecule has 0 aromatic heterocycles. The molecule has 1 aromatic carbocycles. The van der Waals surface area contributed by atoms with E-state index in [1.165, 1.54) is 0 Å². The molecule has 0 aliphatic carbocycles. The molecule has 3 N–H and O–H groups in total. The Bertz CT molecular complexity index is 491. The molecule has 0 atom stereocenters. The van der Waals surface area contributed by atoms with Gasteiger partial charge in [0.1, 0.15) is 6.07 Å². The minimum Gasteiger partial charge on any atom is -0.364 e. The first-order valence-electron chi connectivity index (χ1n) is 6.21. The van der Waals surface area contributed by atoms with Gasteiger partial charge in [-0.05, 0) is 31.5 Å². The maximum atomic E-state index is 11.7. The van der Waals surface area contributed by atoms with E-state index in [0.717, 1.165) is 11.3 Å². The fourth-order valence-corrected chi connectivity index (χ4v) is 1.80. The van der Waals surface area contributed by atoms with Crippen LogP contribution in [0.3, 0.4) is 0 Å². The zero-order valence-electron chi connectivity index (χ0n) is 11.6. The number of likely N-dealkylation sites (N-methyl/N-ethyl adjacent to an activating group) is 1. The van der Waals surface area contributed by atoms with E-state index in [2.05, 4.69) is 11.4 Å². The highest BCUT2D eigenvalue weighted by Gasteiger charge is 2.12. The highest BCUT2D eigenvalue weighted by Crippen LogP contribution is 2.20. The molecule has 0 saturated heterocycles. The van der Waals surface area contributed by atoms with E-state index in [1.54, 1.807) is 18.0 Å². The highest BCUT2D eigenvalue weighted by atomic mass is 16.2. The zero-order valence-corrected chi connectivity index (χ0v) is 11.6. The average molecular weight is 260 g/mol. The van der Waals surface area contributed by atoms with Crippen LogP contribution in [0.1, 0.15) is 25.0 Å². The molecule has 1 aromatic rings. The van der Waals surface area contributed by atoms with E-state index in [-0.39, 0.29) is 18.5 Å². The Hall–Kier alpha value is -2.06. The second-order valence-corrected chi connectivity index (χ2v) is 4.75. The lowest BCUT2D eigenvalue weighted by atomic mass is 10.1. The molecule has 5 heteroatoms. The molecule has 0 heterocycles. The summed E-state index contributed by atoms with van der Waals surface area (Å²) in [5.74, 6) is -0.0655. The van der Waals surface area contributed by atoms with Crippen LogP contribution in [0, 0.1) is 11.3 Å². The van der Waals surface area contributed by atoms with Crippen molar-refractivity contribution in [1.29, 1.82) is 5.26 Å². The summed E-state index contributed by atoms with van der Waals surface area (Å²) in [6, 6.07) is 7.69. The molecule has 0 aliphatic rings. The second-order valence-electron chi connectivity index (χ2n) is 4.75. The molecule has 1 amide bonds. The van der Waals surface area contributed by atoms with Crippen molar-refractivity contribution >= 4 is 11.6 Å².